The van der Waals surface area contributed by atoms with Crippen molar-refractivity contribution in [1.82, 2.24) is 0 Å². The normalized spacial score (nSPS) is 14.1. The summed E-state index contributed by atoms with van der Waals surface area (Å²) in [7, 11) is -9.90. The Hall–Kier alpha value is -1.94. The van der Waals surface area contributed by atoms with Crippen LogP contribution in [0.5, 0.6) is 0 Å². The van der Waals surface area contributed by atoms with Crippen molar-refractivity contribution in [1.29, 1.82) is 0 Å². The molecule has 0 radical (unpaired) electrons. The monoisotopic (exact) mass is 1350 g/mol. The summed E-state index contributed by atoms with van der Waals surface area (Å²) in [6, 6.07) is 0. The van der Waals surface area contributed by atoms with Crippen LogP contribution in [0.2, 0.25) is 0 Å². The molecule has 0 aromatic heterocycles. The molecule has 0 bridgehead atoms. The van der Waals surface area contributed by atoms with Gasteiger partial charge in [0.1, 0.15) is 19.3 Å². The van der Waals surface area contributed by atoms with Crippen molar-refractivity contribution in [2.45, 2.75) is 388 Å². The van der Waals surface area contributed by atoms with Gasteiger partial charge in [-0.3, -0.25) is 37.3 Å². The molecule has 0 aliphatic heterocycles. The Labute approximate surface area is 562 Å². The van der Waals surface area contributed by atoms with Gasteiger partial charge in [0.05, 0.1) is 26.4 Å². The third-order valence-corrected chi connectivity index (χ3v) is 18.8. The van der Waals surface area contributed by atoms with Crippen molar-refractivity contribution in [2.24, 2.45) is 17.8 Å². The average molecular weight is 1350 g/mol. The van der Waals surface area contributed by atoms with Crippen molar-refractivity contribution >= 4 is 39.5 Å². The van der Waals surface area contributed by atoms with E-state index in [0.29, 0.717) is 31.6 Å². The third-order valence-electron chi connectivity index (χ3n) is 16.9. The van der Waals surface area contributed by atoms with Crippen LogP contribution < -0.4 is 0 Å². The summed E-state index contributed by atoms with van der Waals surface area (Å²) in [4.78, 5) is 72.6. The zero-order chi connectivity index (χ0) is 68.0. The summed E-state index contributed by atoms with van der Waals surface area (Å²) in [5.41, 5.74) is 0. The largest absolute Gasteiger partial charge is 0.472 e. The Morgan fingerprint density at radius 3 is 0.739 bits per heavy atom. The maximum atomic E-state index is 13.1. The number of esters is 4. The molecule has 0 aromatic carbocycles. The highest BCUT2D eigenvalue weighted by atomic mass is 31.2. The lowest BCUT2D eigenvalue weighted by molar-refractivity contribution is -0.161. The van der Waals surface area contributed by atoms with Gasteiger partial charge in [-0.1, -0.05) is 318 Å². The Bertz CT molecular complexity index is 1800. The molecule has 3 N–H and O–H groups in total. The fraction of sp³-hybridized carbons (Fsp3) is 0.945. The molecule has 0 saturated carbocycles. The van der Waals surface area contributed by atoms with Crippen molar-refractivity contribution in [3.05, 3.63) is 0 Å². The zero-order valence-electron chi connectivity index (χ0n) is 60.0. The molecule has 0 aromatic rings. The molecule has 0 aliphatic rings. The smallest absolute Gasteiger partial charge is 0.462 e. The van der Waals surface area contributed by atoms with Gasteiger partial charge in [-0.25, -0.2) is 9.13 Å². The van der Waals surface area contributed by atoms with Crippen LogP contribution in [0.4, 0.5) is 0 Å². The number of unbranched alkanes of at least 4 members (excludes halogenated alkanes) is 39. The van der Waals surface area contributed by atoms with Gasteiger partial charge in [0.25, 0.3) is 0 Å². The van der Waals surface area contributed by atoms with Gasteiger partial charge in [0, 0.05) is 25.7 Å². The fourth-order valence-electron chi connectivity index (χ4n) is 11.1. The number of hydrogen-bond donors (Lipinski definition) is 3. The van der Waals surface area contributed by atoms with Crippen LogP contribution >= 0.6 is 15.6 Å². The third kappa shape index (κ3) is 66.7. The molecule has 0 amide bonds. The minimum absolute atomic E-state index is 0.103. The van der Waals surface area contributed by atoms with Crippen LogP contribution in [0.1, 0.15) is 370 Å². The topological polar surface area (TPSA) is 237 Å². The molecule has 0 fully saturated rings. The van der Waals surface area contributed by atoms with E-state index in [1.54, 1.807) is 0 Å². The molecule has 0 rings (SSSR count). The Balaban J connectivity index is 5.23. The molecule has 0 aliphatic carbocycles. The maximum absolute atomic E-state index is 13.1. The van der Waals surface area contributed by atoms with Crippen LogP contribution in [-0.4, -0.2) is 96.7 Å². The van der Waals surface area contributed by atoms with E-state index in [-0.39, 0.29) is 25.7 Å². The molecular weight excluding hydrogens is 1210 g/mol. The van der Waals surface area contributed by atoms with E-state index in [1.165, 1.54) is 180 Å². The quantitative estimate of drug-likeness (QED) is 0.0222. The summed E-state index contributed by atoms with van der Waals surface area (Å²) in [6.45, 7) is 11.8. The second-order valence-electron chi connectivity index (χ2n) is 27.8. The first-order chi connectivity index (χ1) is 44.2. The zero-order valence-corrected chi connectivity index (χ0v) is 61.8. The average Bonchev–Trinajstić information content (AvgIpc) is 2.89. The lowest BCUT2D eigenvalue weighted by Crippen LogP contribution is -2.30. The van der Waals surface area contributed by atoms with E-state index >= 15 is 0 Å². The maximum Gasteiger partial charge on any atom is 0.472 e. The highest BCUT2D eigenvalue weighted by Crippen LogP contribution is 2.45. The van der Waals surface area contributed by atoms with Gasteiger partial charge in [-0.05, 0) is 43.4 Å². The minimum atomic E-state index is -4.96. The van der Waals surface area contributed by atoms with E-state index in [2.05, 4.69) is 48.5 Å². The first-order valence-electron chi connectivity index (χ1n) is 37.8. The molecular formula is C73H142O17P2. The van der Waals surface area contributed by atoms with Crippen LogP contribution in [0.25, 0.3) is 0 Å². The number of carbonyl (C=O) groups is 4. The van der Waals surface area contributed by atoms with Gasteiger partial charge in [-0.2, -0.15) is 0 Å². The van der Waals surface area contributed by atoms with Gasteiger partial charge in [0.15, 0.2) is 12.2 Å². The van der Waals surface area contributed by atoms with Gasteiger partial charge in [-0.15, -0.1) is 0 Å². The molecule has 546 valence electrons. The predicted octanol–water partition coefficient (Wildman–Crippen LogP) is 21.0. The van der Waals surface area contributed by atoms with Crippen molar-refractivity contribution in [3.8, 4) is 0 Å². The van der Waals surface area contributed by atoms with Crippen molar-refractivity contribution < 1.29 is 80.2 Å². The van der Waals surface area contributed by atoms with E-state index in [0.717, 1.165) is 102 Å². The van der Waals surface area contributed by atoms with Gasteiger partial charge in [0.2, 0.25) is 0 Å². The summed E-state index contributed by atoms with van der Waals surface area (Å²) < 4.78 is 68.4. The number of phosphoric ester groups is 2. The van der Waals surface area contributed by atoms with E-state index < -0.39 is 97.5 Å². The number of rotatable bonds is 71. The first-order valence-corrected chi connectivity index (χ1v) is 40.8. The number of carbonyl (C=O) groups excluding carboxylic acids is 4. The molecule has 19 heteroatoms. The lowest BCUT2D eigenvalue weighted by atomic mass is 10.0. The minimum Gasteiger partial charge on any atom is -0.462 e. The Morgan fingerprint density at radius 2 is 0.500 bits per heavy atom. The highest BCUT2D eigenvalue weighted by molar-refractivity contribution is 7.47. The van der Waals surface area contributed by atoms with E-state index in [4.69, 9.17) is 37.0 Å². The number of aliphatic hydroxyl groups is 1. The number of aliphatic hydroxyl groups excluding tert-OH is 1. The van der Waals surface area contributed by atoms with Gasteiger partial charge < -0.3 is 33.8 Å². The number of hydrogen-bond acceptors (Lipinski definition) is 15. The van der Waals surface area contributed by atoms with E-state index in [9.17, 15) is 43.2 Å². The Morgan fingerprint density at radius 1 is 0.293 bits per heavy atom. The molecule has 0 spiro atoms. The first kappa shape index (κ1) is 90.1. The second-order valence-corrected chi connectivity index (χ2v) is 30.7. The van der Waals surface area contributed by atoms with Crippen molar-refractivity contribution in [3.63, 3.8) is 0 Å². The standard InChI is InChI=1S/C73H142O17P2/c1-8-9-10-11-12-13-26-33-40-47-54-70(75)83-61-69(90-73(78)57-50-43-36-29-32-39-46-53-66(6)7)63-88-92(81,82)86-59-67(74)58-85-91(79,80)87-62-68(60-84-71(76)55-48-41-34-27-22-19-18-21-25-31-38-45-52-65(4)5)89-72(77)56-49-42-35-28-23-17-15-14-16-20-24-30-37-44-51-64(2)3/h64-69,74H,8-63H2,1-7H3,(H,79,80)(H,81,82)/t67-,68-,69-/m1/s1. The molecule has 17 nitrogen and oxygen atoms in total. The van der Waals surface area contributed by atoms with Crippen molar-refractivity contribution in [2.75, 3.05) is 39.6 Å². The lowest BCUT2D eigenvalue weighted by Gasteiger charge is -2.21. The van der Waals surface area contributed by atoms with Crippen LogP contribution in [-0.2, 0) is 65.4 Å². The number of phosphoric acid groups is 2. The molecule has 5 atom stereocenters. The second kappa shape index (κ2) is 63.8. The predicted molar refractivity (Wildman–Crippen MR) is 372 cm³/mol. The van der Waals surface area contributed by atoms with Crippen LogP contribution in [0.3, 0.4) is 0 Å². The molecule has 92 heavy (non-hydrogen) atoms. The fourth-order valence-corrected chi connectivity index (χ4v) is 12.7. The summed E-state index contributed by atoms with van der Waals surface area (Å²) >= 11 is 0. The Kier molecular flexibility index (Phi) is 62.4. The summed E-state index contributed by atoms with van der Waals surface area (Å²) in [6.07, 6.45) is 48.6. The van der Waals surface area contributed by atoms with Gasteiger partial charge >= 0.3 is 39.5 Å². The summed E-state index contributed by atoms with van der Waals surface area (Å²) in [5, 5.41) is 10.6. The summed E-state index contributed by atoms with van der Waals surface area (Å²) in [5.74, 6) is 0.149. The number of ether oxygens (including phenoxy) is 4. The van der Waals surface area contributed by atoms with Crippen LogP contribution in [0, 0.1) is 17.8 Å². The molecule has 0 heterocycles. The van der Waals surface area contributed by atoms with Crippen LogP contribution in [0.15, 0.2) is 0 Å². The molecule has 0 saturated heterocycles. The van der Waals surface area contributed by atoms with E-state index in [1.807, 2.05) is 0 Å². The molecule has 2 unspecified atom stereocenters. The highest BCUT2D eigenvalue weighted by Gasteiger charge is 2.30. The SMILES string of the molecule is CCCCCCCCCCCCC(=O)OC[C@H](COP(=O)(O)OC[C@H](O)COP(=O)(O)OC[C@@H](COC(=O)CCCCCCCCCCCCCCC(C)C)OC(=O)CCCCCCCCCCCCCCCCC(C)C)OC(=O)CCCCCCCCCC(C)C.